The molecule has 0 spiro atoms. The van der Waals surface area contributed by atoms with Crippen LogP contribution in [0, 0.1) is 13.8 Å². The van der Waals surface area contributed by atoms with Crippen LogP contribution in [0.25, 0.3) is 0 Å². The second-order valence-electron chi connectivity index (χ2n) is 6.24. The first kappa shape index (κ1) is 18.7. The van der Waals surface area contributed by atoms with E-state index in [9.17, 15) is 8.42 Å². The molecule has 3 nitrogen and oxygen atoms in total. The van der Waals surface area contributed by atoms with E-state index in [0.29, 0.717) is 10.6 Å². The highest BCUT2D eigenvalue weighted by molar-refractivity contribution is 9.10. The molecule has 0 aliphatic rings. The van der Waals surface area contributed by atoms with Crippen LogP contribution in [0.4, 0.5) is 5.69 Å². The Balaban J connectivity index is 2.09. The summed E-state index contributed by atoms with van der Waals surface area (Å²) < 4.78 is 29.2. The van der Waals surface area contributed by atoms with Crippen molar-refractivity contribution in [1.29, 1.82) is 0 Å². The Hall–Kier alpha value is -2.11. The number of halogens is 1. The van der Waals surface area contributed by atoms with Crippen molar-refractivity contribution in [3.05, 3.63) is 94.0 Å². The summed E-state index contributed by atoms with van der Waals surface area (Å²) in [5.41, 5.74) is 3.56. The van der Waals surface area contributed by atoms with Gasteiger partial charge in [-0.2, -0.15) is 0 Å². The number of hydrogen-bond acceptors (Lipinski definition) is 2. The summed E-state index contributed by atoms with van der Waals surface area (Å²) in [7, 11) is -3.68. The average molecular weight is 430 g/mol. The summed E-state index contributed by atoms with van der Waals surface area (Å²) in [5.74, 6) is 0. The molecule has 0 atom stereocenters. The van der Waals surface area contributed by atoms with Crippen LogP contribution in [0.2, 0.25) is 0 Å². The topological polar surface area (TPSA) is 37.4 Å². The number of sulfonamides is 1. The van der Waals surface area contributed by atoms with Gasteiger partial charge in [-0.1, -0.05) is 64.0 Å². The van der Waals surface area contributed by atoms with Gasteiger partial charge in [-0.05, 0) is 55.3 Å². The van der Waals surface area contributed by atoms with E-state index in [2.05, 4.69) is 15.9 Å². The lowest BCUT2D eigenvalue weighted by molar-refractivity contribution is 0.590. The first-order valence-electron chi connectivity index (χ1n) is 8.27. The molecule has 0 amide bonds. The van der Waals surface area contributed by atoms with Gasteiger partial charge in [-0.25, -0.2) is 8.42 Å². The number of anilines is 1. The van der Waals surface area contributed by atoms with E-state index in [4.69, 9.17) is 0 Å². The molecule has 0 heterocycles. The molecule has 0 saturated carbocycles. The van der Waals surface area contributed by atoms with Crippen LogP contribution in [0.1, 0.15) is 16.7 Å². The maximum atomic E-state index is 13.4. The number of para-hydroxylation sites is 1. The Morgan fingerprint density at radius 3 is 2.08 bits per heavy atom. The number of rotatable bonds is 5. The Bertz CT molecular complexity index is 997. The first-order chi connectivity index (χ1) is 12.4. The standard InChI is InChI=1S/C21H20BrNO2S/c1-16-7-13-20(14-8-16)26(24,25)23(21-6-4-3-5-17(21)2)15-18-9-11-19(22)12-10-18/h3-14H,15H2,1-2H3. The van der Waals surface area contributed by atoms with Crippen molar-refractivity contribution in [2.45, 2.75) is 25.3 Å². The molecule has 0 N–H and O–H groups in total. The second kappa shape index (κ2) is 7.64. The zero-order valence-electron chi connectivity index (χ0n) is 14.7. The molecule has 134 valence electrons. The molecule has 5 heteroatoms. The lowest BCUT2D eigenvalue weighted by Gasteiger charge is -2.26. The molecular weight excluding hydrogens is 410 g/mol. The molecule has 3 rings (SSSR count). The fourth-order valence-electron chi connectivity index (χ4n) is 2.74. The summed E-state index contributed by atoms with van der Waals surface area (Å²) in [6, 6.07) is 22.2. The normalized spacial score (nSPS) is 11.3. The molecule has 3 aromatic rings. The molecule has 0 saturated heterocycles. The van der Waals surface area contributed by atoms with Crippen molar-refractivity contribution in [2.75, 3.05) is 4.31 Å². The van der Waals surface area contributed by atoms with Crippen LogP contribution >= 0.6 is 15.9 Å². The number of nitrogens with zero attached hydrogens (tertiary/aromatic N) is 1. The van der Waals surface area contributed by atoms with Gasteiger partial charge < -0.3 is 0 Å². The van der Waals surface area contributed by atoms with Gasteiger partial charge in [0.05, 0.1) is 17.1 Å². The summed E-state index contributed by atoms with van der Waals surface area (Å²) >= 11 is 3.42. The minimum absolute atomic E-state index is 0.272. The van der Waals surface area contributed by atoms with Crippen molar-refractivity contribution in [3.63, 3.8) is 0 Å². The lowest BCUT2D eigenvalue weighted by Crippen LogP contribution is -2.31. The third-order valence-electron chi connectivity index (χ3n) is 4.23. The molecule has 0 radical (unpaired) electrons. The fourth-order valence-corrected chi connectivity index (χ4v) is 4.52. The minimum Gasteiger partial charge on any atom is -0.262 e. The fraction of sp³-hybridized carbons (Fsp3) is 0.143. The quantitative estimate of drug-likeness (QED) is 0.539. The lowest BCUT2D eigenvalue weighted by atomic mass is 10.2. The van der Waals surface area contributed by atoms with Gasteiger partial charge >= 0.3 is 0 Å². The number of hydrogen-bond donors (Lipinski definition) is 0. The van der Waals surface area contributed by atoms with Crippen LogP contribution in [-0.4, -0.2) is 8.42 Å². The van der Waals surface area contributed by atoms with Crippen LogP contribution in [0.3, 0.4) is 0 Å². The molecule has 0 bridgehead atoms. The molecule has 0 fully saturated rings. The molecule has 0 aliphatic heterocycles. The highest BCUT2D eigenvalue weighted by Gasteiger charge is 2.26. The van der Waals surface area contributed by atoms with Gasteiger partial charge in [0, 0.05) is 4.47 Å². The van der Waals surface area contributed by atoms with Crippen LogP contribution in [-0.2, 0) is 16.6 Å². The molecule has 26 heavy (non-hydrogen) atoms. The molecule has 0 aliphatic carbocycles. The summed E-state index contributed by atoms with van der Waals surface area (Å²) in [6.07, 6.45) is 0. The zero-order chi connectivity index (χ0) is 18.7. The number of aryl methyl sites for hydroxylation is 2. The summed E-state index contributed by atoms with van der Waals surface area (Å²) in [5, 5.41) is 0. The van der Waals surface area contributed by atoms with E-state index < -0.39 is 10.0 Å². The predicted octanol–water partition coefficient (Wildman–Crippen LogP) is 5.46. The molecule has 0 unspecified atom stereocenters. The van der Waals surface area contributed by atoms with Gasteiger partial charge in [0.15, 0.2) is 0 Å². The van der Waals surface area contributed by atoms with Crippen LogP contribution < -0.4 is 4.31 Å². The SMILES string of the molecule is Cc1ccc(S(=O)(=O)N(Cc2ccc(Br)cc2)c2ccccc2C)cc1. The maximum Gasteiger partial charge on any atom is 0.264 e. The van der Waals surface area contributed by atoms with E-state index in [1.807, 2.05) is 74.5 Å². The number of benzene rings is 3. The van der Waals surface area contributed by atoms with Crippen LogP contribution in [0.15, 0.2) is 82.2 Å². The zero-order valence-corrected chi connectivity index (χ0v) is 17.1. The maximum absolute atomic E-state index is 13.4. The Morgan fingerprint density at radius 1 is 0.846 bits per heavy atom. The Kier molecular flexibility index (Phi) is 5.49. The van der Waals surface area contributed by atoms with Crippen molar-refractivity contribution >= 4 is 31.6 Å². The molecular formula is C21H20BrNO2S. The largest absolute Gasteiger partial charge is 0.264 e. The average Bonchev–Trinajstić information content (AvgIpc) is 2.62. The van der Waals surface area contributed by atoms with Gasteiger partial charge in [-0.15, -0.1) is 0 Å². The van der Waals surface area contributed by atoms with Crippen molar-refractivity contribution < 1.29 is 8.42 Å². The molecule has 3 aromatic carbocycles. The van der Waals surface area contributed by atoms with Crippen LogP contribution in [0.5, 0.6) is 0 Å². The second-order valence-corrected chi connectivity index (χ2v) is 9.02. The van der Waals surface area contributed by atoms with Crippen molar-refractivity contribution in [3.8, 4) is 0 Å². The Labute approximate surface area is 163 Å². The first-order valence-corrected chi connectivity index (χ1v) is 10.5. The van der Waals surface area contributed by atoms with Crippen molar-refractivity contribution in [1.82, 2.24) is 0 Å². The van der Waals surface area contributed by atoms with Gasteiger partial charge in [-0.3, -0.25) is 4.31 Å². The van der Waals surface area contributed by atoms with Gasteiger partial charge in [0.2, 0.25) is 0 Å². The predicted molar refractivity (Wildman–Crippen MR) is 110 cm³/mol. The van der Waals surface area contributed by atoms with Gasteiger partial charge in [0.25, 0.3) is 10.0 Å². The third kappa shape index (κ3) is 4.00. The monoisotopic (exact) mass is 429 g/mol. The third-order valence-corrected chi connectivity index (χ3v) is 6.54. The highest BCUT2D eigenvalue weighted by atomic mass is 79.9. The summed E-state index contributed by atoms with van der Waals surface area (Å²) in [4.78, 5) is 0.295. The van der Waals surface area contributed by atoms with E-state index >= 15 is 0 Å². The van der Waals surface area contributed by atoms with E-state index in [0.717, 1.165) is 21.2 Å². The minimum atomic E-state index is -3.68. The summed E-state index contributed by atoms with van der Waals surface area (Å²) in [6.45, 7) is 4.14. The van der Waals surface area contributed by atoms with E-state index in [-0.39, 0.29) is 6.54 Å². The van der Waals surface area contributed by atoms with Crippen molar-refractivity contribution in [2.24, 2.45) is 0 Å². The molecule has 0 aromatic heterocycles. The van der Waals surface area contributed by atoms with Gasteiger partial charge in [0.1, 0.15) is 0 Å². The smallest absolute Gasteiger partial charge is 0.262 e. The highest BCUT2D eigenvalue weighted by Crippen LogP contribution is 2.29. The Morgan fingerprint density at radius 2 is 1.46 bits per heavy atom. The van der Waals surface area contributed by atoms with E-state index in [1.54, 1.807) is 12.1 Å². The van der Waals surface area contributed by atoms with E-state index in [1.165, 1.54) is 4.31 Å².